The molecule has 21 heavy (non-hydrogen) atoms. The van der Waals surface area contributed by atoms with Crippen molar-refractivity contribution in [1.29, 1.82) is 0 Å². The molecule has 114 valence electrons. The molecule has 3 aliphatic rings. The van der Waals surface area contributed by atoms with Crippen molar-refractivity contribution in [3.05, 3.63) is 29.3 Å². The molecule has 0 spiro atoms. The summed E-state index contributed by atoms with van der Waals surface area (Å²) in [7, 11) is 0. The van der Waals surface area contributed by atoms with Gasteiger partial charge in [-0.05, 0) is 55.2 Å². The summed E-state index contributed by atoms with van der Waals surface area (Å²) in [6, 6.07) is 8.28. The molecule has 1 heterocycles. The predicted molar refractivity (Wildman–Crippen MR) is 89.0 cm³/mol. The van der Waals surface area contributed by atoms with E-state index < -0.39 is 0 Å². The lowest BCUT2D eigenvalue weighted by Gasteiger charge is -2.38. The molecule has 2 bridgehead atoms. The van der Waals surface area contributed by atoms with E-state index in [9.17, 15) is 0 Å². The molecular weight excluding hydrogens is 280 g/mol. The Morgan fingerprint density at radius 2 is 1.90 bits per heavy atom. The van der Waals surface area contributed by atoms with Crippen LogP contribution in [0.5, 0.6) is 0 Å². The van der Waals surface area contributed by atoms with Crippen LogP contribution in [0.25, 0.3) is 0 Å². The molecule has 1 saturated heterocycles. The summed E-state index contributed by atoms with van der Waals surface area (Å²) >= 11 is 6.11. The highest BCUT2D eigenvalue weighted by Crippen LogP contribution is 2.48. The zero-order valence-corrected chi connectivity index (χ0v) is 13.4. The molecule has 2 aliphatic carbocycles. The average Bonchev–Trinajstić information content (AvgIpc) is 3.11. The van der Waals surface area contributed by atoms with E-state index in [0.29, 0.717) is 0 Å². The summed E-state index contributed by atoms with van der Waals surface area (Å²) in [5.41, 5.74) is 1.28. The number of hydrogen-bond donors (Lipinski definition) is 0. The zero-order chi connectivity index (χ0) is 14.2. The summed E-state index contributed by atoms with van der Waals surface area (Å²) in [4.78, 5) is 5.18. The monoisotopic (exact) mass is 304 g/mol. The molecule has 2 nitrogen and oxygen atoms in total. The number of hydrogen-bond acceptors (Lipinski definition) is 2. The zero-order valence-electron chi connectivity index (χ0n) is 12.7. The molecule has 3 atom stereocenters. The van der Waals surface area contributed by atoms with Gasteiger partial charge in [-0.15, -0.1) is 0 Å². The van der Waals surface area contributed by atoms with Gasteiger partial charge in [-0.25, -0.2) is 0 Å². The first-order chi connectivity index (χ1) is 10.3. The molecule has 2 saturated carbocycles. The topological polar surface area (TPSA) is 6.48 Å². The van der Waals surface area contributed by atoms with Gasteiger partial charge in [0.25, 0.3) is 0 Å². The van der Waals surface area contributed by atoms with Crippen molar-refractivity contribution in [2.24, 2.45) is 17.8 Å². The third kappa shape index (κ3) is 2.93. The molecule has 0 unspecified atom stereocenters. The fourth-order valence-corrected chi connectivity index (χ4v) is 4.98. The van der Waals surface area contributed by atoms with Gasteiger partial charge in [0, 0.05) is 43.4 Å². The summed E-state index contributed by atoms with van der Waals surface area (Å²) in [5, 5.41) is 0.844. The van der Waals surface area contributed by atoms with E-state index in [1.54, 1.807) is 0 Å². The predicted octanol–water partition coefficient (Wildman–Crippen LogP) is 3.90. The first-order valence-corrected chi connectivity index (χ1v) is 8.88. The minimum Gasteiger partial charge on any atom is -0.369 e. The third-order valence-corrected chi connectivity index (χ3v) is 6.16. The Hall–Kier alpha value is -0.730. The number of piperazine rings is 1. The fraction of sp³-hybridized carbons (Fsp3) is 0.667. The fourth-order valence-electron chi connectivity index (χ4n) is 4.79. The summed E-state index contributed by atoms with van der Waals surface area (Å²) in [6.45, 7) is 6.05. The van der Waals surface area contributed by atoms with E-state index in [-0.39, 0.29) is 0 Å². The van der Waals surface area contributed by atoms with Crippen LogP contribution in [0.3, 0.4) is 0 Å². The minimum atomic E-state index is 0.844. The number of nitrogens with zero attached hydrogens (tertiary/aromatic N) is 2. The van der Waals surface area contributed by atoms with E-state index >= 15 is 0 Å². The normalized spacial score (nSPS) is 32.8. The van der Waals surface area contributed by atoms with Gasteiger partial charge in [-0.1, -0.05) is 24.1 Å². The van der Waals surface area contributed by atoms with Crippen LogP contribution < -0.4 is 4.90 Å². The van der Waals surface area contributed by atoms with Crippen LogP contribution in [0.1, 0.15) is 25.7 Å². The van der Waals surface area contributed by atoms with E-state index in [1.165, 1.54) is 51.0 Å². The van der Waals surface area contributed by atoms with Gasteiger partial charge in [0.2, 0.25) is 0 Å². The summed E-state index contributed by atoms with van der Waals surface area (Å²) < 4.78 is 0. The van der Waals surface area contributed by atoms with E-state index in [0.717, 1.165) is 35.9 Å². The van der Waals surface area contributed by atoms with E-state index in [1.807, 2.05) is 6.07 Å². The van der Waals surface area contributed by atoms with Gasteiger partial charge < -0.3 is 4.90 Å². The molecule has 3 heteroatoms. The molecule has 1 aromatic carbocycles. The summed E-state index contributed by atoms with van der Waals surface area (Å²) in [6.07, 6.45) is 6.08. The van der Waals surface area contributed by atoms with E-state index in [2.05, 4.69) is 28.0 Å². The highest BCUT2D eigenvalue weighted by molar-refractivity contribution is 6.30. The maximum absolute atomic E-state index is 6.11. The highest BCUT2D eigenvalue weighted by Gasteiger charge is 2.40. The van der Waals surface area contributed by atoms with Gasteiger partial charge >= 0.3 is 0 Å². The smallest absolute Gasteiger partial charge is 0.0426 e. The first-order valence-electron chi connectivity index (χ1n) is 8.51. The SMILES string of the molecule is Clc1cccc(N2CCN(C[C@H]3C[C@H]4CC[C@H]3C4)CC2)c1. The van der Waals surface area contributed by atoms with Crippen molar-refractivity contribution in [2.75, 3.05) is 37.6 Å². The van der Waals surface area contributed by atoms with Crippen molar-refractivity contribution in [3.8, 4) is 0 Å². The maximum atomic E-state index is 6.11. The Morgan fingerprint density at radius 3 is 2.57 bits per heavy atom. The third-order valence-electron chi connectivity index (χ3n) is 5.92. The van der Waals surface area contributed by atoms with Crippen molar-refractivity contribution in [2.45, 2.75) is 25.7 Å². The number of halogens is 1. The van der Waals surface area contributed by atoms with Crippen molar-refractivity contribution < 1.29 is 0 Å². The summed E-state index contributed by atoms with van der Waals surface area (Å²) in [5.74, 6) is 3.13. The number of anilines is 1. The van der Waals surface area contributed by atoms with Crippen LogP contribution >= 0.6 is 11.6 Å². The lowest BCUT2D eigenvalue weighted by atomic mass is 9.88. The molecule has 0 N–H and O–H groups in total. The van der Waals surface area contributed by atoms with Gasteiger partial charge in [-0.2, -0.15) is 0 Å². The molecule has 3 fully saturated rings. The number of benzene rings is 1. The van der Waals surface area contributed by atoms with Gasteiger partial charge in [-0.3, -0.25) is 4.90 Å². The molecule has 0 aromatic heterocycles. The molecule has 0 amide bonds. The Balaban J connectivity index is 1.30. The second kappa shape index (κ2) is 5.81. The standard InChI is InChI=1S/C18H25ClN2/c19-17-2-1-3-18(12-17)21-8-6-20(7-9-21)13-16-11-14-4-5-15(16)10-14/h1-3,12,14-16H,4-11,13H2/t14-,15-,16+/m0/s1. The lowest BCUT2D eigenvalue weighted by Crippen LogP contribution is -2.48. The molecule has 1 aromatic rings. The Morgan fingerprint density at radius 1 is 1.05 bits per heavy atom. The lowest BCUT2D eigenvalue weighted by molar-refractivity contribution is 0.182. The van der Waals surface area contributed by atoms with Gasteiger partial charge in [0.15, 0.2) is 0 Å². The van der Waals surface area contributed by atoms with Crippen LogP contribution in [0.2, 0.25) is 5.02 Å². The average molecular weight is 305 g/mol. The number of fused-ring (bicyclic) bond motifs is 2. The van der Waals surface area contributed by atoms with Crippen molar-refractivity contribution in [1.82, 2.24) is 4.90 Å². The number of rotatable bonds is 3. The molecular formula is C18H25ClN2. The largest absolute Gasteiger partial charge is 0.369 e. The molecule has 4 rings (SSSR count). The first kappa shape index (κ1) is 13.9. The van der Waals surface area contributed by atoms with Crippen LogP contribution in [0.4, 0.5) is 5.69 Å². The van der Waals surface area contributed by atoms with Gasteiger partial charge in [0.1, 0.15) is 0 Å². The molecule has 0 radical (unpaired) electrons. The second-order valence-corrected chi connectivity index (χ2v) is 7.64. The Labute approximate surface area is 133 Å². The molecule has 1 aliphatic heterocycles. The minimum absolute atomic E-state index is 0.844. The Bertz CT molecular complexity index is 496. The maximum Gasteiger partial charge on any atom is 0.0426 e. The van der Waals surface area contributed by atoms with Gasteiger partial charge in [0.05, 0.1) is 0 Å². The highest BCUT2D eigenvalue weighted by atomic mass is 35.5. The van der Waals surface area contributed by atoms with Crippen LogP contribution in [0.15, 0.2) is 24.3 Å². The second-order valence-electron chi connectivity index (χ2n) is 7.20. The van der Waals surface area contributed by atoms with Crippen molar-refractivity contribution >= 4 is 17.3 Å². The van der Waals surface area contributed by atoms with E-state index in [4.69, 9.17) is 11.6 Å². The quantitative estimate of drug-likeness (QED) is 0.835. The van der Waals surface area contributed by atoms with Crippen LogP contribution in [-0.4, -0.2) is 37.6 Å². The Kier molecular flexibility index (Phi) is 3.85. The van der Waals surface area contributed by atoms with Crippen LogP contribution in [0, 0.1) is 17.8 Å². The van der Waals surface area contributed by atoms with Crippen LogP contribution in [-0.2, 0) is 0 Å². The van der Waals surface area contributed by atoms with Crippen molar-refractivity contribution in [3.63, 3.8) is 0 Å².